The summed E-state index contributed by atoms with van der Waals surface area (Å²) in [6, 6.07) is 31.0. The van der Waals surface area contributed by atoms with E-state index in [1.807, 2.05) is 42.5 Å². The van der Waals surface area contributed by atoms with Gasteiger partial charge in [0.25, 0.3) is 0 Å². The summed E-state index contributed by atoms with van der Waals surface area (Å²) in [5.74, 6) is 0.943. The molecular formula is C21H17N2P. The molecule has 1 heterocycles. The third kappa shape index (κ3) is 2.66. The zero-order valence-corrected chi connectivity index (χ0v) is 14.3. The van der Waals surface area contributed by atoms with Crippen LogP contribution in [0.5, 0.6) is 0 Å². The molecule has 4 rings (SSSR count). The molecular weight excluding hydrogens is 311 g/mol. The van der Waals surface area contributed by atoms with Gasteiger partial charge in [-0.15, -0.1) is 0 Å². The van der Waals surface area contributed by atoms with E-state index < -0.39 is 0 Å². The summed E-state index contributed by atoms with van der Waals surface area (Å²) in [5.41, 5.74) is 5.48. The largest absolute Gasteiger partial charge is 0.308 e. The van der Waals surface area contributed by atoms with Crippen LogP contribution in [0.1, 0.15) is 0 Å². The molecule has 0 amide bonds. The zero-order valence-electron chi connectivity index (χ0n) is 13.1. The molecule has 2 nitrogen and oxygen atoms in total. The first-order valence-corrected chi connectivity index (χ1v) is 8.40. The Morgan fingerprint density at radius 1 is 0.583 bits per heavy atom. The summed E-state index contributed by atoms with van der Waals surface area (Å²) in [7, 11) is 2.82. The van der Waals surface area contributed by atoms with Gasteiger partial charge in [0.05, 0.1) is 11.4 Å². The van der Waals surface area contributed by atoms with Gasteiger partial charge in [0.1, 0.15) is 5.82 Å². The lowest BCUT2D eigenvalue weighted by Crippen LogP contribution is -1.89. The van der Waals surface area contributed by atoms with Gasteiger partial charge in [-0.05, 0) is 9.39 Å². The molecule has 0 saturated heterocycles. The van der Waals surface area contributed by atoms with E-state index in [0.29, 0.717) is 0 Å². The van der Waals surface area contributed by atoms with Crippen molar-refractivity contribution in [3.63, 3.8) is 0 Å². The van der Waals surface area contributed by atoms with Crippen LogP contribution in [0.4, 0.5) is 0 Å². The number of nitrogens with zero attached hydrogens (tertiary/aromatic N) is 2. The van der Waals surface area contributed by atoms with E-state index in [1.165, 1.54) is 0 Å². The molecule has 1 atom stereocenters. The summed E-state index contributed by atoms with van der Waals surface area (Å²) in [5, 5.41) is 0. The molecule has 0 aliphatic carbocycles. The van der Waals surface area contributed by atoms with Gasteiger partial charge in [0, 0.05) is 16.7 Å². The Bertz CT molecular complexity index is 945. The minimum atomic E-state index is 0.943. The molecule has 0 aliphatic heterocycles. The van der Waals surface area contributed by atoms with Crippen molar-refractivity contribution in [2.45, 2.75) is 0 Å². The van der Waals surface area contributed by atoms with Gasteiger partial charge in [-0.2, -0.15) is 0 Å². The van der Waals surface area contributed by atoms with Crippen molar-refractivity contribution in [3.8, 4) is 33.9 Å². The molecule has 0 saturated carbocycles. The number of benzene rings is 3. The van der Waals surface area contributed by atoms with Crippen molar-refractivity contribution in [1.29, 1.82) is 0 Å². The fraction of sp³-hybridized carbons (Fsp3) is 0. The predicted octanol–water partition coefficient (Wildman–Crippen LogP) is 5.52. The third-order valence-corrected chi connectivity index (χ3v) is 4.54. The maximum Gasteiger partial charge on any atom is 0.144 e. The molecule has 0 aliphatic rings. The Balaban J connectivity index is 1.99. The fourth-order valence-corrected chi connectivity index (χ4v) is 3.37. The summed E-state index contributed by atoms with van der Waals surface area (Å²) in [6.07, 6.45) is 0. The first kappa shape index (κ1) is 14.9. The normalized spacial score (nSPS) is 10.7. The smallest absolute Gasteiger partial charge is 0.144 e. The fourth-order valence-electron chi connectivity index (χ4n) is 2.89. The molecule has 116 valence electrons. The molecule has 1 unspecified atom stereocenters. The molecule has 4 aromatic rings. The van der Waals surface area contributed by atoms with Crippen LogP contribution in [0.15, 0.2) is 91.0 Å². The Morgan fingerprint density at radius 3 is 1.58 bits per heavy atom. The average Bonchev–Trinajstić information content (AvgIpc) is 3.01. The van der Waals surface area contributed by atoms with Crippen LogP contribution in [-0.4, -0.2) is 9.32 Å². The first-order valence-electron chi connectivity index (χ1n) is 7.88. The van der Waals surface area contributed by atoms with E-state index in [4.69, 9.17) is 4.98 Å². The van der Waals surface area contributed by atoms with E-state index in [0.717, 1.165) is 33.9 Å². The van der Waals surface area contributed by atoms with Crippen LogP contribution in [0.2, 0.25) is 0 Å². The van der Waals surface area contributed by atoms with Gasteiger partial charge >= 0.3 is 0 Å². The topological polar surface area (TPSA) is 17.8 Å². The highest BCUT2D eigenvalue weighted by Crippen LogP contribution is 2.37. The van der Waals surface area contributed by atoms with Crippen molar-refractivity contribution >= 4 is 9.39 Å². The highest BCUT2D eigenvalue weighted by atomic mass is 31.0. The van der Waals surface area contributed by atoms with Gasteiger partial charge in [0.2, 0.25) is 0 Å². The highest BCUT2D eigenvalue weighted by Gasteiger charge is 2.18. The van der Waals surface area contributed by atoms with Crippen molar-refractivity contribution < 1.29 is 0 Å². The second-order valence-electron chi connectivity index (χ2n) is 5.60. The maximum atomic E-state index is 4.97. The molecule has 24 heavy (non-hydrogen) atoms. The Labute approximate surface area is 144 Å². The first-order chi connectivity index (χ1) is 11.8. The highest BCUT2D eigenvalue weighted by molar-refractivity contribution is 7.15. The lowest BCUT2D eigenvalue weighted by Gasteiger charge is -2.07. The van der Waals surface area contributed by atoms with E-state index in [-0.39, 0.29) is 0 Å². The Morgan fingerprint density at radius 2 is 1.04 bits per heavy atom. The molecule has 0 spiro atoms. The molecule has 0 N–H and O–H groups in total. The zero-order chi connectivity index (χ0) is 16.4. The minimum absolute atomic E-state index is 0.943. The minimum Gasteiger partial charge on any atom is -0.308 e. The maximum absolute atomic E-state index is 4.97. The van der Waals surface area contributed by atoms with E-state index in [1.54, 1.807) is 0 Å². The monoisotopic (exact) mass is 328 g/mol. The molecule has 1 aromatic heterocycles. The van der Waals surface area contributed by atoms with Crippen LogP contribution in [0, 0.1) is 0 Å². The van der Waals surface area contributed by atoms with Crippen LogP contribution in [0.3, 0.4) is 0 Å². The van der Waals surface area contributed by atoms with Crippen molar-refractivity contribution in [2.75, 3.05) is 0 Å². The Hall–Kier alpha value is -2.70. The van der Waals surface area contributed by atoms with E-state index >= 15 is 0 Å². The second-order valence-corrected chi connectivity index (χ2v) is 6.12. The molecule has 3 heteroatoms. The van der Waals surface area contributed by atoms with Gasteiger partial charge in [-0.25, -0.2) is 4.98 Å². The quantitative estimate of drug-likeness (QED) is 0.453. The molecule has 0 bridgehead atoms. The average molecular weight is 328 g/mol. The molecule has 0 fully saturated rings. The SMILES string of the molecule is Pn1c(-c2ccccc2)nc(-c2ccccc2)c1-c1ccccc1. The van der Waals surface area contributed by atoms with Crippen molar-refractivity contribution in [1.82, 2.24) is 9.32 Å². The number of imidazole rings is 1. The van der Waals surface area contributed by atoms with Gasteiger partial charge in [0.15, 0.2) is 0 Å². The predicted molar refractivity (Wildman–Crippen MR) is 104 cm³/mol. The summed E-state index contributed by atoms with van der Waals surface area (Å²) in [6.45, 7) is 0. The molecule has 0 radical (unpaired) electrons. The number of hydrogen-bond acceptors (Lipinski definition) is 1. The van der Waals surface area contributed by atoms with Crippen molar-refractivity contribution in [3.05, 3.63) is 91.0 Å². The van der Waals surface area contributed by atoms with Crippen LogP contribution in [0.25, 0.3) is 33.9 Å². The van der Waals surface area contributed by atoms with Crippen LogP contribution < -0.4 is 0 Å². The lowest BCUT2D eigenvalue weighted by atomic mass is 10.1. The third-order valence-electron chi connectivity index (χ3n) is 4.04. The lowest BCUT2D eigenvalue weighted by molar-refractivity contribution is 1.24. The molecule has 3 aromatic carbocycles. The number of hydrogen-bond donors (Lipinski definition) is 0. The van der Waals surface area contributed by atoms with Crippen LogP contribution in [-0.2, 0) is 0 Å². The standard InChI is InChI=1S/C21H17N2P/c24-23-20(17-12-6-2-7-13-17)19(16-10-4-1-5-11-16)22-21(23)18-14-8-3-9-15-18/h1-15H,24H2. The van der Waals surface area contributed by atoms with E-state index in [2.05, 4.69) is 62.3 Å². The van der Waals surface area contributed by atoms with Crippen LogP contribution >= 0.6 is 9.39 Å². The van der Waals surface area contributed by atoms with E-state index in [9.17, 15) is 0 Å². The number of rotatable bonds is 3. The van der Waals surface area contributed by atoms with Gasteiger partial charge < -0.3 is 4.34 Å². The second kappa shape index (κ2) is 6.43. The summed E-state index contributed by atoms with van der Waals surface area (Å²) >= 11 is 0. The van der Waals surface area contributed by atoms with Gasteiger partial charge in [-0.1, -0.05) is 91.0 Å². The number of aromatic nitrogens is 2. The summed E-state index contributed by atoms with van der Waals surface area (Å²) in [4.78, 5) is 4.97. The Kier molecular flexibility index (Phi) is 3.98. The summed E-state index contributed by atoms with van der Waals surface area (Å²) < 4.78 is 2.10. The van der Waals surface area contributed by atoms with Crippen molar-refractivity contribution in [2.24, 2.45) is 0 Å². The van der Waals surface area contributed by atoms with Gasteiger partial charge in [-0.3, -0.25) is 0 Å².